The van der Waals surface area contributed by atoms with Gasteiger partial charge in [-0.2, -0.15) is 0 Å². The monoisotopic (exact) mass is 495 g/mol. The molecule has 2 aromatic rings. The van der Waals surface area contributed by atoms with Gasteiger partial charge >= 0.3 is 0 Å². The Morgan fingerprint density at radius 3 is 2.48 bits per heavy atom. The highest BCUT2D eigenvalue weighted by atomic mass is 35.5. The maximum absolute atomic E-state index is 13.2. The van der Waals surface area contributed by atoms with E-state index in [1.54, 1.807) is 24.1 Å². The number of hydrogen-bond acceptors (Lipinski definition) is 6. The lowest BCUT2D eigenvalue weighted by atomic mass is 10.1. The molecule has 0 aromatic heterocycles. The summed E-state index contributed by atoms with van der Waals surface area (Å²) >= 11 is 6.14. The van der Waals surface area contributed by atoms with Gasteiger partial charge in [0.2, 0.25) is 10.0 Å². The normalized spacial score (nSPS) is 15.0. The van der Waals surface area contributed by atoms with Crippen LogP contribution in [0.15, 0.2) is 41.3 Å². The van der Waals surface area contributed by atoms with Crippen molar-refractivity contribution in [3.63, 3.8) is 0 Å². The van der Waals surface area contributed by atoms with Crippen LogP contribution in [-0.2, 0) is 21.3 Å². The van der Waals surface area contributed by atoms with Crippen LogP contribution in [0.2, 0.25) is 5.02 Å². The minimum Gasteiger partial charge on any atom is -0.496 e. The predicted molar refractivity (Wildman–Crippen MR) is 127 cm³/mol. The molecule has 0 bridgehead atoms. The third-order valence-corrected chi connectivity index (χ3v) is 7.34. The fourth-order valence-corrected chi connectivity index (χ4v) is 4.98. The van der Waals surface area contributed by atoms with E-state index in [1.807, 2.05) is 19.1 Å². The number of nitrogens with one attached hydrogen (secondary N) is 1. The van der Waals surface area contributed by atoms with Crippen molar-refractivity contribution in [2.45, 2.75) is 18.4 Å². The first kappa shape index (κ1) is 25.5. The lowest BCUT2D eigenvalue weighted by Crippen LogP contribution is -2.48. The van der Waals surface area contributed by atoms with E-state index in [1.165, 1.54) is 19.2 Å². The molecule has 1 aliphatic heterocycles. The summed E-state index contributed by atoms with van der Waals surface area (Å²) < 4.78 is 37.9. The zero-order valence-corrected chi connectivity index (χ0v) is 20.7. The minimum absolute atomic E-state index is 0.0687. The highest BCUT2D eigenvalue weighted by molar-refractivity contribution is 7.89. The SMILES string of the molecule is COCCNS(=O)(=O)c1ccc(C)c(C(=O)N2CCN(Cc3cc(Cl)ccc3OC)CC2)c1. The van der Waals surface area contributed by atoms with Crippen molar-refractivity contribution in [2.24, 2.45) is 0 Å². The zero-order valence-electron chi connectivity index (χ0n) is 19.1. The maximum Gasteiger partial charge on any atom is 0.254 e. The van der Waals surface area contributed by atoms with Crippen LogP contribution in [0.3, 0.4) is 0 Å². The molecule has 1 amide bonds. The average molecular weight is 496 g/mol. The van der Waals surface area contributed by atoms with Gasteiger partial charge in [-0.15, -0.1) is 0 Å². The second-order valence-electron chi connectivity index (χ2n) is 7.89. The summed E-state index contributed by atoms with van der Waals surface area (Å²) in [5.41, 5.74) is 2.14. The van der Waals surface area contributed by atoms with Crippen LogP contribution < -0.4 is 9.46 Å². The third-order valence-electron chi connectivity index (χ3n) is 5.64. The Bertz CT molecular complexity index is 1090. The molecule has 1 fully saturated rings. The number of carbonyl (C=O) groups excluding carboxylic acids is 1. The first-order valence-electron chi connectivity index (χ1n) is 10.7. The van der Waals surface area contributed by atoms with Crippen LogP contribution in [-0.4, -0.2) is 77.7 Å². The standard InChI is InChI=1S/C23H30ClN3O5S/c1-17-4-6-20(33(29,30)25-8-13-31-2)15-21(17)23(28)27-11-9-26(10-12-27)16-18-14-19(24)5-7-22(18)32-3/h4-7,14-15,25H,8-13,16H2,1-3H3. The molecule has 0 unspecified atom stereocenters. The molecule has 0 aliphatic carbocycles. The van der Waals surface area contributed by atoms with E-state index in [-0.39, 0.29) is 24.0 Å². The second-order valence-corrected chi connectivity index (χ2v) is 10.1. The molecule has 10 heteroatoms. The molecule has 180 valence electrons. The number of halogens is 1. The van der Waals surface area contributed by atoms with Gasteiger partial charge in [-0.3, -0.25) is 9.69 Å². The van der Waals surface area contributed by atoms with Gasteiger partial charge in [0.25, 0.3) is 5.91 Å². The smallest absolute Gasteiger partial charge is 0.254 e. The molecule has 0 saturated carbocycles. The molecule has 1 aliphatic rings. The fourth-order valence-electron chi connectivity index (χ4n) is 3.75. The van der Waals surface area contributed by atoms with Gasteiger partial charge in [0.15, 0.2) is 0 Å². The average Bonchev–Trinajstić information content (AvgIpc) is 2.79. The lowest BCUT2D eigenvalue weighted by Gasteiger charge is -2.35. The van der Waals surface area contributed by atoms with Gasteiger partial charge in [-0.05, 0) is 42.8 Å². The number of amides is 1. The molecular formula is C23H30ClN3O5S. The predicted octanol–water partition coefficient (Wildman–Crippen LogP) is 2.54. The Morgan fingerprint density at radius 1 is 1.09 bits per heavy atom. The van der Waals surface area contributed by atoms with Crippen LogP contribution in [0.5, 0.6) is 5.75 Å². The molecular weight excluding hydrogens is 466 g/mol. The summed E-state index contributed by atoms with van der Waals surface area (Å²) in [5, 5.41) is 0.654. The second kappa shape index (κ2) is 11.3. The van der Waals surface area contributed by atoms with Crippen molar-refractivity contribution in [3.05, 3.63) is 58.1 Å². The van der Waals surface area contributed by atoms with E-state index in [9.17, 15) is 13.2 Å². The van der Waals surface area contributed by atoms with E-state index in [2.05, 4.69) is 9.62 Å². The number of hydrogen-bond donors (Lipinski definition) is 1. The molecule has 1 N–H and O–H groups in total. The summed E-state index contributed by atoms with van der Waals surface area (Å²) in [4.78, 5) is 17.3. The van der Waals surface area contributed by atoms with Crippen molar-refractivity contribution in [2.75, 3.05) is 53.6 Å². The molecule has 0 atom stereocenters. The fraction of sp³-hybridized carbons (Fsp3) is 0.435. The van der Waals surface area contributed by atoms with Crippen LogP contribution in [0.1, 0.15) is 21.5 Å². The van der Waals surface area contributed by atoms with E-state index >= 15 is 0 Å². The number of aryl methyl sites for hydroxylation is 1. The number of nitrogens with zero attached hydrogens (tertiary/aromatic N) is 2. The molecule has 1 heterocycles. The Labute approximate surface area is 200 Å². The van der Waals surface area contributed by atoms with Crippen LogP contribution in [0.25, 0.3) is 0 Å². The number of benzene rings is 2. The number of methoxy groups -OCH3 is 2. The van der Waals surface area contributed by atoms with Gasteiger partial charge in [-0.25, -0.2) is 13.1 Å². The van der Waals surface area contributed by atoms with E-state index < -0.39 is 10.0 Å². The summed E-state index contributed by atoms with van der Waals surface area (Å²) in [6.45, 7) is 5.38. The highest BCUT2D eigenvalue weighted by Crippen LogP contribution is 2.25. The zero-order chi connectivity index (χ0) is 24.0. The summed E-state index contributed by atoms with van der Waals surface area (Å²) in [5.74, 6) is 0.618. The summed E-state index contributed by atoms with van der Waals surface area (Å²) in [6, 6.07) is 10.2. The van der Waals surface area contributed by atoms with Crippen molar-refractivity contribution < 1.29 is 22.7 Å². The molecule has 8 nitrogen and oxygen atoms in total. The largest absolute Gasteiger partial charge is 0.496 e. The van der Waals surface area contributed by atoms with Gasteiger partial charge in [-0.1, -0.05) is 17.7 Å². The van der Waals surface area contributed by atoms with E-state index in [0.717, 1.165) is 16.9 Å². The molecule has 0 radical (unpaired) electrons. The Hall–Kier alpha value is -2.17. The van der Waals surface area contributed by atoms with Gasteiger partial charge in [0, 0.05) is 62.5 Å². The first-order valence-corrected chi connectivity index (χ1v) is 12.5. The van der Waals surface area contributed by atoms with Crippen LogP contribution >= 0.6 is 11.6 Å². The van der Waals surface area contributed by atoms with Crippen molar-refractivity contribution in [3.8, 4) is 5.75 Å². The highest BCUT2D eigenvalue weighted by Gasteiger charge is 2.25. The number of rotatable bonds is 9. The number of carbonyl (C=O) groups is 1. The topological polar surface area (TPSA) is 88.2 Å². The molecule has 0 spiro atoms. The maximum atomic E-state index is 13.2. The molecule has 2 aromatic carbocycles. The number of piperazine rings is 1. The van der Waals surface area contributed by atoms with Gasteiger partial charge in [0.1, 0.15) is 5.75 Å². The van der Waals surface area contributed by atoms with Crippen molar-refractivity contribution >= 4 is 27.5 Å². The van der Waals surface area contributed by atoms with E-state index in [0.29, 0.717) is 43.3 Å². The Morgan fingerprint density at radius 2 is 1.82 bits per heavy atom. The Balaban J connectivity index is 1.66. The van der Waals surface area contributed by atoms with Gasteiger partial charge in [0.05, 0.1) is 18.6 Å². The Kier molecular flexibility index (Phi) is 8.72. The first-order chi connectivity index (χ1) is 15.7. The summed E-state index contributed by atoms with van der Waals surface area (Å²) in [6.07, 6.45) is 0. The third kappa shape index (κ3) is 6.45. The quantitative estimate of drug-likeness (QED) is 0.538. The number of sulfonamides is 1. The number of ether oxygens (including phenoxy) is 2. The molecule has 1 saturated heterocycles. The summed E-state index contributed by atoms with van der Waals surface area (Å²) in [7, 11) is -0.587. The lowest BCUT2D eigenvalue weighted by molar-refractivity contribution is 0.0626. The van der Waals surface area contributed by atoms with E-state index in [4.69, 9.17) is 21.1 Å². The van der Waals surface area contributed by atoms with Crippen molar-refractivity contribution in [1.82, 2.24) is 14.5 Å². The van der Waals surface area contributed by atoms with Crippen molar-refractivity contribution in [1.29, 1.82) is 0 Å². The minimum atomic E-state index is -3.72. The van der Waals surface area contributed by atoms with Crippen LogP contribution in [0.4, 0.5) is 0 Å². The molecule has 33 heavy (non-hydrogen) atoms. The van der Waals surface area contributed by atoms with Gasteiger partial charge < -0.3 is 14.4 Å². The molecule has 3 rings (SSSR count). The van der Waals surface area contributed by atoms with Crippen LogP contribution in [0, 0.1) is 6.92 Å².